The molecule has 0 unspecified atom stereocenters. The Kier molecular flexibility index (Phi) is 8.35. The van der Waals surface area contributed by atoms with E-state index < -0.39 is 10.1 Å². The molecule has 0 aromatic carbocycles. The van der Waals surface area contributed by atoms with E-state index in [1.165, 1.54) is 0 Å². The quantitative estimate of drug-likeness (QED) is 0.405. The molecule has 0 saturated carbocycles. The first-order valence-electron chi connectivity index (χ1n) is 2.12. The van der Waals surface area contributed by atoms with Crippen molar-refractivity contribution in [2.45, 2.75) is 6.42 Å². The molecule has 0 fully saturated rings. The van der Waals surface area contributed by atoms with Crippen molar-refractivity contribution < 1.29 is 18.1 Å². The number of aliphatic hydroxyl groups is 1. The Morgan fingerprint density at radius 2 is 1.78 bits per heavy atom. The van der Waals surface area contributed by atoms with Crippen LogP contribution < -0.4 is 0 Å². The second-order valence-corrected chi connectivity index (χ2v) is 2.94. The zero-order chi connectivity index (χ0) is 6.62. The third-order valence-corrected chi connectivity index (χ3v) is 1.36. The third kappa shape index (κ3) is 12.4. The van der Waals surface area contributed by atoms with E-state index in [0.717, 1.165) is 0 Å². The maximum atomic E-state index is 9.83. The van der Waals surface area contributed by atoms with Gasteiger partial charge in [0.1, 0.15) is 0 Å². The van der Waals surface area contributed by atoms with Gasteiger partial charge in [-0.2, -0.15) is 8.42 Å². The molecule has 0 heterocycles. The van der Waals surface area contributed by atoms with Crippen LogP contribution in [-0.2, 0) is 10.1 Å². The fourth-order valence-electron chi connectivity index (χ4n) is 0.247. The van der Waals surface area contributed by atoms with Crippen LogP contribution in [-0.4, -0.2) is 68.2 Å². The summed E-state index contributed by atoms with van der Waals surface area (Å²) < 4.78 is 27.7. The predicted octanol–water partition coefficient (Wildman–Crippen LogP) is -1.66. The van der Waals surface area contributed by atoms with Gasteiger partial charge in [0, 0.05) is 6.61 Å². The molecule has 4 nitrogen and oxygen atoms in total. The molecule has 0 saturated heterocycles. The molecule has 0 amide bonds. The molecule has 0 rings (SSSR count). The fraction of sp³-hybridized carbons (Fsp3) is 1.00. The van der Waals surface area contributed by atoms with Crippen LogP contribution in [0.2, 0.25) is 0 Å². The van der Waals surface area contributed by atoms with Crippen molar-refractivity contribution in [1.29, 1.82) is 0 Å². The number of rotatable bonds is 3. The van der Waals surface area contributed by atoms with Gasteiger partial charge in [0.15, 0.2) is 0 Å². The van der Waals surface area contributed by atoms with E-state index in [0.29, 0.717) is 0 Å². The normalized spacial score (nSPS) is 10.4. The van der Waals surface area contributed by atoms with E-state index in [2.05, 4.69) is 0 Å². The zero-order valence-corrected chi connectivity index (χ0v) is 5.06. The van der Waals surface area contributed by atoms with Gasteiger partial charge >= 0.3 is 37.7 Å². The molecular weight excluding hydrogens is 172 g/mol. The van der Waals surface area contributed by atoms with Crippen molar-refractivity contribution in [3.63, 3.8) is 0 Å². The molecule has 54 valence electrons. The van der Waals surface area contributed by atoms with E-state index in [-0.39, 0.29) is 56.5 Å². The van der Waals surface area contributed by atoms with Gasteiger partial charge in [-0.1, -0.05) is 0 Å². The summed E-state index contributed by atoms with van der Waals surface area (Å²) in [6.45, 7) is -0.209. The van der Waals surface area contributed by atoms with Crippen LogP contribution in [0.15, 0.2) is 0 Å². The summed E-state index contributed by atoms with van der Waals surface area (Å²) in [6.07, 6.45) is 0.0961. The van der Waals surface area contributed by atoms with Crippen LogP contribution >= 0.6 is 0 Å². The molecule has 6 heteroatoms. The van der Waals surface area contributed by atoms with Crippen LogP contribution in [0.1, 0.15) is 6.42 Å². The average Bonchev–Trinajstić information content (AvgIpc) is 1.59. The van der Waals surface area contributed by atoms with Crippen LogP contribution in [0.25, 0.3) is 0 Å². The predicted molar refractivity (Wildman–Crippen MR) is 36.7 cm³/mol. The average molecular weight is 182 g/mol. The standard InChI is InChI=1S/C3H8O4S.Ca.2H/c4-2-1-3-8(5,6)7;;;/h4H,1-3H2,(H,5,6,7);;;. The molecule has 9 heavy (non-hydrogen) atoms. The van der Waals surface area contributed by atoms with E-state index in [4.69, 9.17) is 9.66 Å². The summed E-state index contributed by atoms with van der Waals surface area (Å²) in [5, 5.41) is 8.05. The monoisotopic (exact) mass is 182 g/mol. The van der Waals surface area contributed by atoms with Crippen molar-refractivity contribution in [3.8, 4) is 0 Å². The molecule has 0 radical (unpaired) electrons. The van der Waals surface area contributed by atoms with E-state index in [1.54, 1.807) is 0 Å². The molecule has 0 aliphatic rings. The Hall–Kier alpha value is 1.13. The molecule has 0 bridgehead atoms. The van der Waals surface area contributed by atoms with Gasteiger partial charge in [-0.3, -0.25) is 4.55 Å². The van der Waals surface area contributed by atoms with Gasteiger partial charge in [-0.15, -0.1) is 0 Å². The molecule has 0 aromatic rings. The van der Waals surface area contributed by atoms with Gasteiger partial charge in [0.05, 0.1) is 5.75 Å². The first-order valence-corrected chi connectivity index (χ1v) is 3.73. The molecule has 0 spiro atoms. The Balaban J connectivity index is 0. The fourth-order valence-corrected chi connectivity index (χ4v) is 0.741. The molecule has 0 aliphatic heterocycles. The zero-order valence-electron chi connectivity index (χ0n) is 4.24. The first-order chi connectivity index (χ1) is 3.56. The van der Waals surface area contributed by atoms with Crippen molar-refractivity contribution in [2.24, 2.45) is 0 Å². The molecule has 0 atom stereocenters. The van der Waals surface area contributed by atoms with Crippen LogP contribution in [0.4, 0.5) is 0 Å². The van der Waals surface area contributed by atoms with E-state index >= 15 is 0 Å². The minimum absolute atomic E-state index is 0. The van der Waals surface area contributed by atoms with Gasteiger partial charge in [-0.25, -0.2) is 0 Å². The number of aliphatic hydroxyl groups excluding tert-OH is 1. The molecule has 2 N–H and O–H groups in total. The van der Waals surface area contributed by atoms with Gasteiger partial charge in [-0.05, 0) is 6.42 Å². The number of hydrogen-bond acceptors (Lipinski definition) is 3. The van der Waals surface area contributed by atoms with Crippen LogP contribution in [0.5, 0.6) is 0 Å². The molecule has 0 aromatic heterocycles. The Morgan fingerprint density at radius 3 is 1.89 bits per heavy atom. The van der Waals surface area contributed by atoms with Gasteiger partial charge < -0.3 is 5.11 Å². The van der Waals surface area contributed by atoms with Crippen molar-refractivity contribution >= 4 is 47.9 Å². The van der Waals surface area contributed by atoms with Crippen molar-refractivity contribution in [1.82, 2.24) is 0 Å². The third-order valence-electron chi connectivity index (χ3n) is 0.560. The van der Waals surface area contributed by atoms with E-state index in [9.17, 15) is 8.42 Å². The van der Waals surface area contributed by atoms with Gasteiger partial charge in [0.2, 0.25) is 0 Å². The summed E-state index contributed by atoms with van der Waals surface area (Å²) in [4.78, 5) is 0. The Bertz CT molecular complexity index is 140. The SMILES string of the molecule is O=S(=O)(O)CCCO.[CaH2]. The minimum atomic E-state index is -3.85. The topological polar surface area (TPSA) is 74.6 Å². The molecule has 0 aliphatic carbocycles. The summed E-state index contributed by atoms with van der Waals surface area (Å²) in [7, 11) is -3.85. The van der Waals surface area contributed by atoms with Gasteiger partial charge in [0.25, 0.3) is 10.1 Å². The maximum absolute atomic E-state index is 9.83. The first kappa shape index (κ1) is 12.8. The van der Waals surface area contributed by atoms with E-state index in [1.807, 2.05) is 0 Å². The van der Waals surface area contributed by atoms with Crippen molar-refractivity contribution in [3.05, 3.63) is 0 Å². The summed E-state index contributed by atoms with van der Waals surface area (Å²) in [6, 6.07) is 0. The summed E-state index contributed by atoms with van der Waals surface area (Å²) in [5.41, 5.74) is 0. The Labute approximate surface area is 84.0 Å². The summed E-state index contributed by atoms with van der Waals surface area (Å²) >= 11 is 0. The molecular formula is C3H10CaO4S. The van der Waals surface area contributed by atoms with Crippen molar-refractivity contribution in [2.75, 3.05) is 12.4 Å². The second kappa shape index (κ2) is 5.88. The summed E-state index contributed by atoms with van der Waals surface area (Å²) in [5.74, 6) is -0.358. The van der Waals surface area contributed by atoms with Crippen LogP contribution in [0, 0.1) is 0 Å². The Morgan fingerprint density at radius 1 is 1.33 bits per heavy atom. The second-order valence-electron chi connectivity index (χ2n) is 1.36. The number of hydrogen-bond donors (Lipinski definition) is 2. The van der Waals surface area contributed by atoms with Crippen LogP contribution in [0.3, 0.4) is 0 Å².